The van der Waals surface area contributed by atoms with Crippen LogP contribution in [0.1, 0.15) is 42.2 Å². The molecule has 3 N–H and O–H groups in total. The molecule has 6 nitrogen and oxygen atoms in total. The van der Waals surface area contributed by atoms with Gasteiger partial charge in [-0.3, -0.25) is 4.79 Å². The van der Waals surface area contributed by atoms with Gasteiger partial charge in [-0.05, 0) is 36.2 Å². The summed E-state index contributed by atoms with van der Waals surface area (Å²) in [6, 6.07) is 16.9. The number of aromatic nitrogens is 1. The molecular weight excluding hydrogens is 446 g/mol. The standard InChI is InChI=1S/C23H26BrN3O3/c1-2-3-9-19(26-23(29)30-15-16-7-5-4-6-8-16)14-25-22(28)21-13-17-12-18(24)10-11-20(17)27-21/h4-8,10-13,19,27H,2-3,9,14-15H2,1H3,(H,25,28)(H,26,29)/t19-/m0/s1. The predicted molar refractivity (Wildman–Crippen MR) is 121 cm³/mol. The fourth-order valence-electron chi connectivity index (χ4n) is 3.14. The zero-order valence-corrected chi connectivity index (χ0v) is 18.5. The lowest BCUT2D eigenvalue weighted by molar-refractivity contribution is 0.0940. The van der Waals surface area contributed by atoms with Gasteiger partial charge in [0.1, 0.15) is 12.3 Å². The Kier molecular flexibility index (Phi) is 7.90. The van der Waals surface area contributed by atoms with E-state index in [0.29, 0.717) is 12.2 Å². The van der Waals surface area contributed by atoms with Gasteiger partial charge in [0, 0.05) is 28.0 Å². The molecule has 158 valence electrons. The van der Waals surface area contributed by atoms with Crippen LogP contribution >= 0.6 is 15.9 Å². The van der Waals surface area contributed by atoms with Gasteiger partial charge < -0.3 is 20.4 Å². The highest BCUT2D eigenvalue weighted by atomic mass is 79.9. The van der Waals surface area contributed by atoms with Crippen LogP contribution in [0.4, 0.5) is 4.79 Å². The normalized spacial score (nSPS) is 11.8. The average Bonchev–Trinajstić information content (AvgIpc) is 3.18. The minimum atomic E-state index is -0.482. The molecule has 2 amide bonds. The van der Waals surface area contributed by atoms with Crippen molar-refractivity contribution in [1.82, 2.24) is 15.6 Å². The molecule has 0 aliphatic heterocycles. The van der Waals surface area contributed by atoms with Crippen LogP contribution in [0.25, 0.3) is 10.9 Å². The van der Waals surface area contributed by atoms with Crippen molar-refractivity contribution in [2.24, 2.45) is 0 Å². The van der Waals surface area contributed by atoms with E-state index in [-0.39, 0.29) is 18.6 Å². The number of unbranched alkanes of at least 4 members (excludes halogenated alkanes) is 1. The second-order valence-corrected chi connectivity index (χ2v) is 8.09. The molecule has 3 rings (SSSR count). The lowest BCUT2D eigenvalue weighted by Gasteiger charge is -2.19. The van der Waals surface area contributed by atoms with Crippen LogP contribution in [0.3, 0.4) is 0 Å². The first-order valence-corrected chi connectivity index (χ1v) is 10.9. The Balaban J connectivity index is 1.54. The minimum absolute atomic E-state index is 0.198. The number of hydrogen-bond donors (Lipinski definition) is 3. The number of nitrogens with one attached hydrogen (secondary N) is 3. The topological polar surface area (TPSA) is 83.2 Å². The number of carbonyl (C=O) groups excluding carboxylic acids is 2. The van der Waals surface area contributed by atoms with Crippen molar-refractivity contribution in [3.05, 3.63) is 70.3 Å². The van der Waals surface area contributed by atoms with Crippen molar-refractivity contribution >= 4 is 38.8 Å². The van der Waals surface area contributed by atoms with Gasteiger partial charge in [0.05, 0.1) is 0 Å². The molecule has 0 aliphatic carbocycles. The van der Waals surface area contributed by atoms with Gasteiger partial charge in [-0.2, -0.15) is 0 Å². The molecule has 0 saturated heterocycles. The summed E-state index contributed by atoms with van der Waals surface area (Å²) in [6.07, 6.45) is 2.23. The predicted octanol–water partition coefficient (Wildman–Crippen LogP) is 5.15. The Morgan fingerprint density at radius 2 is 1.93 bits per heavy atom. The summed E-state index contributed by atoms with van der Waals surface area (Å²) in [4.78, 5) is 27.9. The summed E-state index contributed by atoms with van der Waals surface area (Å²) < 4.78 is 6.26. The van der Waals surface area contributed by atoms with Crippen LogP contribution < -0.4 is 10.6 Å². The van der Waals surface area contributed by atoms with E-state index in [1.165, 1.54) is 0 Å². The van der Waals surface area contributed by atoms with E-state index in [0.717, 1.165) is 40.2 Å². The van der Waals surface area contributed by atoms with E-state index in [2.05, 4.69) is 38.5 Å². The van der Waals surface area contributed by atoms with Crippen molar-refractivity contribution in [3.8, 4) is 0 Å². The Morgan fingerprint density at radius 1 is 1.13 bits per heavy atom. The SMILES string of the molecule is CCCC[C@@H](CNC(=O)c1cc2cc(Br)ccc2[nH]1)NC(=O)OCc1ccccc1. The molecule has 0 fully saturated rings. The van der Waals surface area contributed by atoms with Crippen LogP contribution in [0.5, 0.6) is 0 Å². The third-order valence-electron chi connectivity index (χ3n) is 4.78. The largest absolute Gasteiger partial charge is 0.445 e. The highest BCUT2D eigenvalue weighted by molar-refractivity contribution is 9.10. The summed E-state index contributed by atoms with van der Waals surface area (Å²) in [7, 11) is 0. The first-order valence-electron chi connectivity index (χ1n) is 10.1. The van der Waals surface area contributed by atoms with Crippen molar-refractivity contribution < 1.29 is 14.3 Å². The minimum Gasteiger partial charge on any atom is -0.445 e. The second kappa shape index (κ2) is 10.8. The lowest BCUT2D eigenvalue weighted by atomic mass is 10.1. The maximum atomic E-state index is 12.6. The van der Waals surface area contributed by atoms with E-state index in [9.17, 15) is 9.59 Å². The first-order chi connectivity index (χ1) is 14.5. The average molecular weight is 472 g/mol. The van der Waals surface area contributed by atoms with Gasteiger partial charge in [0.2, 0.25) is 0 Å². The van der Waals surface area contributed by atoms with E-state index in [4.69, 9.17) is 4.74 Å². The van der Waals surface area contributed by atoms with E-state index in [1.54, 1.807) is 0 Å². The fraction of sp³-hybridized carbons (Fsp3) is 0.304. The maximum absolute atomic E-state index is 12.6. The Morgan fingerprint density at radius 3 is 2.70 bits per heavy atom. The van der Waals surface area contributed by atoms with E-state index in [1.807, 2.05) is 54.6 Å². The van der Waals surface area contributed by atoms with Gasteiger partial charge in [-0.15, -0.1) is 0 Å². The molecule has 1 atom stereocenters. The van der Waals surface area contributed by atoms with E-state index < -0.39 is 6.09 Å². The first kappa shape index (κ1) is 21.9. The van der Waals surface area contributed by atoms with Crippen molar-refractivity contribution in [1.29, 1.82) is 0 Å². The molecular formula is C23H26BrN3O3. The molecule has 3 aromatic rings. The number of benzene rings is 2. The highest BCUT2D eigenvalue weighted by Gasteiger charge is 2.16. The number of fused-ring (bicyclic) bond motifs is 1. The molecule has 2 aromatic carbocycles. The molecule has 0 spiro atoms. The molecule has 0 saturated carbocycles. The number of rotatable bonds is 9. The number of ether oxygens (including phenoxy) is 1. The Labute approximate surface area is 184 Å². The number of aromatic amines is 1. The number of carbonyl (C=O) groups is 2. The maximum Gasteiger partial charge on any atom is 0.407 e. The molecule has 0 radical (unpaired) electrons. The van der Waals surface area contributed by atoms with Gasteiger partial charge in [-0.1, -0.05) is 66.0 Å². The summed E-state index contributed by atoms with van der Waals surface area (Å²) in [5.74, 6) is -0.205. The smallest absolute Gasteiger partial charge is 0.407 e. The molecule has 30 heavy (non-hydrogen) atoms. The molecule has 0 bridgehead atoms. The summed E-state index contributed by atoms with van der Waals surface area (Å²) in [6.45, 7) is 2.63. The monoisotopic (exact) mass is 471 g/mol. The van der Waals surface area contributed by atoms with Gasteiger partial charge in [0.25, 0.3) is 5.91 Å². The van der Waals surface area contributed by atoms with Crippen LogP contribution in [-0.2, 0) is 11.3 Å². The highest BCUT2D eigenvalue weighted by Crippen LogP contribution is 2.20. The van der Waals surface area contributed by atoms with Gasteiger partial charge in [-0.25, -0.2) is 4.79 Å². The van der Waals surface area contributed by atoms with Crippen LogP contribution in [0.2, 0.25) is 0 Å². The molecule has 7 heteroatoms. The third kappa shape index (κ3) is 6.35. The van der Waals surface area contributed by atoms with Crippen LogP contribution in [0, 0.1) is 0 Å². The number of alkyl carbamates (subject to hydrolysis) is 1. The summed E-state index contributed by atoms with van der Waals surface area (Å²) in [5, 5.41) is 6.74. The third-order valence-corrected chi connectivity index (χ3v) is 5.27. The van der Waals surface area contributed by atoms with Crippen LogP contribution in [-0.4, -0.2) is 29.6 Å². The number of hydrogen-bond acceptors (Lipinski definition) is 3. The Bertz CT molecular complexity index is 988. The van der Waals surface area contributed by atoms with Gasteiger partial charge in [0.15, 0.2) is 0 Å². The fourth-order valence-corrected chi connectivity index (χ4v) is 3.52. The summed E-state index contributed by atoms with van der Waals surface area (Å²) in [5.41, 5.74) is 2.31. The van der Waals surface area contributed by atoms with E-state index >= 15 is 0 Å². The quantitative estimate of drug-likeness (QED) is 0.403. The zero-order chi connectivity index (χ0) is 21.3. The number of halogens is 1. The van der Waals surface area contributed by atoms with Crippen molar-refractivity contribution in [3.63, 3.8) is 0 Å². The number of H-pyrrole nitrogens is 1. The van der Waals surface area contributed by atoms with Gasteiger partial charge >= 0.3 is 6.09 Å². The molecule has 1 aromatic heterocycles. The zero-order valence-electron chi connectivity index (χ0n) is 16.9. The Hall–Kier alpha value is -2.80. The number of amides is 2. The lowest BCUT2D eigenvalue weighted by Crippen LogP contribution is -2.44. The second-order valence-electron chi connectivity index (χ2n) is 7.17. The molecule has 0 aliphatic rings. The van der Waals surface area contributed by atoms with Crippen molar-refractivity contribution in [2.75, 3.05) is 6.54 Å². The van der Waals surface area contributed by atoms with Crippen LogP contribution in [0.15, 0.2) is 59.1 Å². The molecule has 0 unspecified atom stereocenters. The molecule has 1 heterocycles. The van der Waals surface area contributed by atoms with Crippen molar-refractivity contribution in [2.45, 2.75) is 38.8 Å². The summed E-state index contributed by atoms with van der Waals surface area (Å²) >= 11 is 3.44.